The van der Waals surface area contributed by atoms with Crippen LogP contribution in [0.25, 0.3) is 0 Å². The van der Waals surface area contributed by atoms with Gasteiger partial charge in [0.2, 0.25) is 5.91 Å². The second kappa shape index (κ2) is 5.29. The Hall–Kier alpha value is -1.06. The molecule has 4 heteroatoms. The summed E-state index contributed by atoms with van der Waals surface area (Å²) in [4.78, 5) is 23.6. The Morgan fingerprint density at radius 2 is 1.72 bits per heavy atom. The highest BCUT2D eigenvalue weighted by molar-refractivity contribution is 5.81. The lowest BCUT2D eigenvalue weighted by Crippen LogP contribution is -2.53. The minimum atomic E-state index is -0.785. The predicted octanol–water partition coefficient (Wildman–Crippen LogP) is 2.33. The van der Waals surface area contributed by atoms with Crippen LogP contribution in [-0.4, -0.2) is 23.0 Å². The van der Waals surface area contributed by atoms with Crippen LogP contribution in [0.5, 0.6) is 0 Å². The van der Waals surface area contributed by atoms with Gasteiger partial charge >= 0.3 is 5.97 Å². The van der Waals surface area contributed by atoms with E-state index in [4.69, 9.17) is 0 Å². The number of aliphatic carboxylic acids is 1. The van der Waals surface area contributed by atoms with Crippen molar-refractivity contribution in [1.82, 2.24) is 5.32 Å². The largest absolute Gasteiger partial charge is 0.481 e. The van der Waals surface area contributed by atoms with Crippen LogP contribution in [0.3, 0.4) is 0 Å². The monoisotopic (exact) mass is 253 g/mol. The molecule has 0 radical (unpaired) electrons. The number of hydrogen-bond acceptors (Lipinski definition) is 2. The summed E-state index contributed by atoms with van der Waals surface area (Å²) in [6, 6.07) is -0.197. The summed E-state index contributed by atoms with van der Waals surface area (Å²) >= 11 is 0. The van der Waals surface area contributed by atoms with Crippen molar-refractivity contribution in [3.8, 4) is 0 Å². The third-order valence-electron chi connectivity index (χ3n) is 4.74. The van der Waals surface area contributed by atoms with Crippen LogP contribution in [0.1, 0.15) is 58.3 Å². The van der Waals surface area contributed by atoms with Crippen molar-refractivity contribution in [3.63, 3.8) is 0 Å². The minimum Gasteiger partial charge on any atom is -0.481 e. The number of rotatable bonds is 3. The highest BCUT2D eigenvalue weighted by atomic mass is 16.4. The molecule has 2 saturated carbocycles. The van der Waals surface area contributed by atoms with E-state index in [-0.39, 0.29) is 17.9 Å². The van der Waals surface area contributed by atoms with Crippen LogP contribution >= 0.6 is 0 Å². The zero-order chi connectivity index (χ0) is 13.2. The van der Waals surface area contributed by atoms with Crippen molar-refractivity contribution in [1.29, 1.82) is 0 Å². The molecule has 0 aromatic rings. The topological polar surface area (TPSA) is 66.4 Å². The van der Waals surface area contributed by atoms with Crippen LogP contribution in [0.2, 0.25) is 0 Å². The van der Waals surface area contributed by atoms with Gasteiger partial charge in [-0.25, -0.2) is 0 Å². The maximum Gasteiger partial charge on any atom is 0.311 e. The van der Waals surface area contributed by atoms with Gasteiger partial charge in [-0.15, -0.1) is 0 Å². The quantitative estimate of drug-likeness (QED) is 0.811. The second-order valence-electron chi connectivity index (χ2n) is 6.01. The van der Waals surface area contributed by atoms with Crippen LogP contribution in [0.4, 0.5) is 0 Å². The molecule has 0 aromatic carbocycles. The SMILES string of the molecule is CC1(C(=O)O)CCCCC1NC(=O)C1CCCC1. The zero-order valence-corrected chi connectivity index (χ0v) is 11.1. The molecule has 102 valence electrons. The first kappa shape index (κ1) is 13.4. The fourth-order valence-corrected chi connectivity index (χ4v) is 3.30. The van der Waals surface area contributed by atoms with E-state index < -0.39 is 11.4 Å². The number of carbonyl (C=O) groups excluding carboxylic acids is 1. The molecule has 0 aromatic heterocycles. The molecular weight excluding hydrogens is 230 g/mol. The van der Waals surface area contributed by atoms with Crippen molar-refractivity contribution >= 4 is 11.9 Å². The molecule has 0 heterocycles. The Labute approximate surface area is 108 Å². The average molecular weight is 253 g/mol. The molecule has 4 nitrogen and oxygen atoms in total. The number of carboxylic acid groups (broad SMARTS) is 1. The molecule has 2 N–H and O–H groups in total. The molecule has 18 heavy (non-hydrogen) atoms. The molecule has 2 unspecified atom stereocenters. The summed E-state index contributed by atoms with van der Waals surface area (Å²) < 4.78 is 0. The average Bonchev–Trinajstić information content (AvgIpc) is 2.85. The molecule has 0 aliphatic heterocycles. The molecule has 2 aliphatic rings. The zero-order valence-electron chi connectivity index (χ0n) is 11.1. The van der Waals surface area contributed by atoms with E-state index >= 15 is 0 Å². The third-order valence-corrected chi connectivity index (χ3v) is 4.74. The van der Waals surface area contributed by atoms with Gasteiger partial charge in [-0.2, -0.15) is 0 Å². The molecule has 0 spiro atoms. The molecule has 2 atom stereocenters. The van der Waals surface area contributed by atoms with Crippen molar-refractivity contribution in [2.75, 3.05) is 0 Å². The molecule has 2 fully saturated rings. The first-order chi connectivity index (χ1) is 8.54. The number of hydrogen-bond donors (Lipinski definition) is 2. The van der Waals surface area contributed by atoms with E-state index in [1.165, 1.54) is 0 Å². The number of nitrogens with one attached hydrogen (secondary N) is 1. The fraction of sp³-hybridized carbons (Fsp3) is 0.857. The molecule has 2 rings (SSSR count). The lowest BCUT2D eigenvalue weighted by molar-refractivity contribution is -0.152. The smallest absolute Gasteiger partial charge is 0.311 e. The Morgan fingerprint density at radius 3 is 2.33 bits per heavy atom. The maximum absolute atomic E-state index is 12.1. The maximum atomic E-state index is 12.1. The fourth-order valence-electron chi connectivity index (χ4n) is 3.30. The highest BCUT2D eigenvalue weighted by Gasteiger charge is 2.44. The normalized spacial score (nSPS) is 33.3. The van der Waals surface area contributed by atoms with Gasteiger partial charge < -0.3 is 10.4 Å². The van der Waals surface area contributed by atoms with Gasteiger partial charge in [0.25, 0.3) is 0 Å². The van der Waals surface area contributed by atoms with Gasteiger partial charge in [0.15, 0.2) is 0 Å². The Morgan fingerprint density at radius 1 is 1.11 bits per heavy atom. The van der Waals surface area contributed by atoms with Crippen LogP contribution in [-0.2, 0) is 9.59 Å². The highest BCUT2D eigenvalue weighted by Crippen LogP contribution is 2.37. The van der Waals surface area contributed by atoms with Crippen molar-refractivity contribution in [2.45, 2.75) is 64.3 Å². The molecule has 0 saturated heterocycles. The summed E-state index contributed by atoms with van der Waals surface area (Å²) in [6.45, 7) is 1.77. The van der Waals surface area contributed by atoms with E-state index in [0.717, 1.165) is 44.9 Å². The summed E-state index contributed by atoms with van der Waals surface area (Å²) in [7, 11) is 0. The van der Waals surface area contributed by atoms with Gasteiger partial charge in [0, 0.05) is 12.0 Å². The first-order valence-electron chi connectivity index (χ1n) is 7.08. The van der Waals surface area contributed by atoms with E-state index in [0.29, 0.717) is 6.42 Å². The minimum absolute atomic E-state index is 0.0758. The van der Waals surface area contributed by atoms with Gasteiger partial charge in [0.05, 0.1) is 5.41 Å². The van der Waals surface area contributed by atoms with Crippen LogP contribution in [0, 0.1) is 11.3 Å². The van der Waals surface area contributed by atoms with Crippen molar-refractivity contribution in [3.05, 3.63) is 0 Å². The van der Waals surface area contributed by atoms with E-state index in [2.05, 4.69) is 5.32 Å². The number of carbonyl (C=O) groups is 2. The third kappa shape index (κ3) is 2.52. The number of amides is 1. The second-order valence-corrected chi connectivity index (χ2v) is 6.01. The van der Waals surface area contributed by atoms with Crippen LogP contribution < -0.4 is 5.32 Å². The van der Waals surface area contributed by atoms with Crippen molar-refractivity contribution in [2.24, 2.45) is 11.3 Å². The summed E-state index contributed by atoms with van der Waals surface area (Å²) in [5.74, 6) is -0.587. The van der Waals surface area contributed by atoms with Gasteiger partial charge in [-0.3, -0.25) is 9.59 Å². The first-order valence-corrected chi connectivity index (χ1v) is 7.08. The Balaban J connectivity index is 2.01. The lowest BCUT2D eigenvalue weighted by atomic mass is 9.71. The summed E-state index contributed by atoms with van der Waals surface area (Å²) in [5, 5.41) is 12.4. The van der Waals surface area contributed by atoms with Crippen molar-refractivity contribution < 1.29 is 14.7 Å². The van der Waals surface area contributed by atoms with E-state index in [9.17, 15) is 14.7 Å². The standard InChI is InChI=1S/C14H23NO3/c1-14(13(17)18)9-5-4-8-11(14)15-12(16)10-6-2-3-7-10/h10-11H,2-9H2,1H3,(H,15,16)(H,17,18). The Kier molecular flexibility index (Phi) is 3.93. The van der Waals surface area contributed by atoms with E-state index in [1.807, 2.05) is 0 Å². The van der Waals surface area contributed by atoms with Gasteiger partial charge in [-0.1, -0.05) is 25.7 Å². The van der Waals surface area contributed by atoms with Gasteiger partial charge in [0.1, 0.15) is 0 Å². The molecule has 1 amide bonds. The number of carboxylic acids is 1. The predicted molar refractivity (Wildman–Crippen MR) is 68.1 cm³/mol. The molecule has 2 aliphatic carbocycles. The van der Waals surface area contributed by atoms with Gasteiger partial charge in [-0.05, 0) is 32.6 Å². The lowest BCUT2D eigenvalue weighted by Gasteiger charge is -2.38. The Bertz CT molecular complexity index is 336. The molecular formula is C14H23NO3. The molecule has 0 bridgehead atoms. The summed E-state index contributed by atoms with van der Waals surface area (Å²) in [5.41, 5.74) is -0.785. The van der Waals surface area contributed by atoms with Crippen LogP contribution in [0.15, 0.2) is 0 Å². The summed E-state index contributed by atoms with van der Waals surface area (Å²) in [6.07, 6.45) is 7.58. The van der Waals surface area contributed by atoms with E-state index in [1.54, 1.807) is 6.92 Å².